The average molecular weight is 183 g/mol. The van der Waals surface area contributed by atoms with Crippen molar-refractivity contribution in [1.82, 2.24) is 14.9 Å². The molecule has 0 bridgehead atoms. The maximum Gasteiger partial charge on any atom is 0.241 e. The molecule has 1 atom stereocenters. The fourth-order valence-electron chi connectivity index (χ4n) is 0.744. The molecular weight excluding hydrogens is 170 g/mol. The van der Waals surface area contributed by atoms with E-state index in [1.165, 1.54) is 11.0 Å². The Labute approximate surface area is 76.1 Å². The third-order valence-electron chi connectivity index (χ3n) is 1.86. The number of nitrogens with two attached hydrogens (primary N) is 1. The van der Waals surface area contributed by atoms with Crippen molar-refractivity contribution in [2.24, 2.45) is 5.92 Å². The molecule has 1 heterocycles. The van der Waals surface area contributed by atoms with Crippen LogP contribution in [0.5, 0.6) is 0 Å². The zero-order chi connectivity index (χ0) is 9.84. The van der Waals surface area contributed by atoms with Crippen molar-refractivity contribution in [2.75, 3.05) is 11.2 Å². The normalized spacial score (nSPS) is 12.5. The number of nitrogen functional groups attached to an aromatic ring is 1. The number of hydrogen-bond acceptors (Lipinski definition) is 4. The van der Waals surface area contributed by atoms with Gasteiger partial charge in [0.1, 0.15) is 6.33 Å². The molecule has 0 saturated carbocycles. The molecule has 0 aliphatic rings. The molecule has 3 N–H and O–H groups in total. The van der Waals surface area contributed by atoms with E-state index in [1.54, 1.807) is 0 Å². The number of rotatable bonds is 3. The van der Waals surface area contributed by atoms with Gasteiger partial charge in [0.05, 0.1) is 0 Å². The van der Waals surface area contributed by atoms with Gasteiger partial charge in [-0.15, -0.1) is 10.2 Å². The summed E-state index contributed by atoms with van der Waals surface area (Å²) in [5.41, 5.74) is 7.97. The smallest absolute Gasteiger partial charge is 0.241 e. The lowest BCUT2D eigenvalue weighted by Crippen LogP contribution is -2.28. The van der Waals surface area contributed by atoms with Crippen LogP contribution in [0.4, 0.5) is 5.95 Å². The number of nitrogens with zero attached hydrogens (tertiary/aromatic N) is 3. The Morgan fingerprint density at radius 2 is 2.54 bits per heavy atom. The first-order chi connectivity index (χ1) is 6.15. The maximum atomic E-state index is 11.4. The predicted molar refractivity (Wildman–Crippen MR) is 48.3 cm³/mol. The molecule has 1 amide bonds. The molecule has 0 spiro atoms. The number of amides is 1. The molecule has 13 heavy (non-hydrogen) atoms. The molecule has 0 saturated heterocycles. The summed E-state index contributed by atoms with van der Waals surface area (Å²) in [6.07, 6.45) is 2.14. The Kier molecular flexibility index (Phi) is 2.84. The summed E-state index contributed by atoms with van der Waals surface area (Å²) in [7, 11) is 0. The van der Waals surface area contributed by atoms with Gasteiger partial charge in [-0.05, 0) is 6.42 Å². The quantitative estimate of drug-likeness (QED) is 0.689. The van der Waals surface area contributed by atoms with Crippen molar-refractivity contribution >= 4 is 11.9 Å². The predicted octanol–water partition coefficient (Wildman–Crippen LogP) is -0.0235. The van der Waals surface area contributed by atoms with Crippen molar-refractivity contribution in [3.63, 3.8) is 0 Å². The van der Waals surface area contributed by atoms with Crippen LogP contribution in [-0.4, -0.2) is 20.8 Å². The third kappa shape index (κ3) is 2.17. The average Bonchev–Trinajstić information content (AvgIpc) is 2.50. The Morgan fingerprint density at radius 3 is 3.00 bits per heavy atom. The second kappa shape index (κ2) is 3.88. The zero-order valence-corrected chi connectivity index (χ0v) is 7.69. The summed E-state index contributed by atoms with van der Waals surface area (Å²) in [5.74, 6) is 0.0486. The lowest BCUT2D eigenvalue weighted by atomic mass is 10.1. The summed E-state index contributed by atoms with van der Waals surface area (Å²) < 4.78 is 1.30. The van der Waals surface area contributed by atoms with E-state index in [-0.39, 0.29) is 17.8 Å². The Bertz CT molecular complexity index is 295. The minimum atomic E-state index is -0.0889. The molecule has 1 unspecified atom stereocenters. The van der Waals surface area contributed by atoms with Gasteiger partial charge in [0.15, 0.2) is 0 Å². The monoisotopic (exact) mass is 183 g/mol. The van der Waals surface area contributed by atoms with Gasteiger partial charge in [-0.2, -0.15) is 0 Å². The number of carbonyl (C=O) groups excluding carboxylic acids is 1. The van der Waals surface area contributed by atoms with Crippen LogP contribution in [0.3, 0.4) is 0 Å². The molecule has 0 fully saturated rings. The molecule has 0 aromatic carbocycles. The molecule has 0 aliphatic carbocycles. The second-order valence-electron chi connectivity index (χ2n) is 2.84. The van der Waals surface area contributed by atoms with Crippen LogP contribution in [-0.2, 0) is 4.79 Å². The summed E-state index contributed by atoms with van der Waals surface area (Å²) in [6, 6.07) is 0. The summed E-state index contributed by atoms with van der Waals surface area (Å²) in [4.78, 5) is 11.4. The van der Waals surface area contributed by atoms with Crippen LogP contribution in [0.15, 0.2) is 6.33 Å². The van der Waals surface area contributed by atoms with E-state index >= 15 is 0 Å². The molecule has 1 aromatic heterocycles. The number of anilines is 1. The first-order valence-corrected chi connectivity index (χ1v) is 4.11. The number of nitrogens with one attached hydrogen (secondary N) is 1. The van der Waals surface area contributed by atoms with Gasteiger partial charge in [-0.25, -0.2) is 4.68 Å². The fraction of sp³-hybridized carbons (Fsp3) is 0.571. The van der Waals surface area contributed by atoms with Gasteiger partial charge in [0.2, 0.25) is 11.9 Å². The molecule has 6 nitrogen and oxygen atoms in total. The van der Waals surface area contributed by atoms with E-state index in [0.717, 1.165) is 6.42 Å². The van der Waals surface area contributed by atoms with Crippen molar-refractivity contribution in [2.45, 2.75) is 20.3 Å². The lowest BCUT2D eigenvalue weighted by Gasteiger charge is -2.09. The van der Waals surface area contributed by atoms with E-state index in [1.807, 2.05) is 13.8 Å². The third-order valence-corrected chi connectivity index (χ3v) is 1.86. The lowest BCUT2D eigenvalue weighted by molar-refractivity contribution is -0.120. The van der Waals surface area contributed by atoms with E-state index in [4.69, 9.17) is 5.73 Å². The van der Waals surface area contributed by atoms with E-state index in [0.29, 0.717) is 0 Å². The number of carbonyl (C=O) groups is 1. The van der Waals surface area contributed by atoms with E-state index in [9.17, 15) is 4.79 Å². The van der Waals surface area contributed by atoms with Crippen molar-refractivity contribution in [3.8, 4) is 0 Å². The molecule has 0 radical (unpaired) electrons. The summed E-state index contributed by atoms with van der Waals surface area (Å²) in [5, 5.41) is 7.06. The largest absolute Gasteiger partial charge is 0.366 e. The molecule has 1 rings (SSSR count). The zero-order valence-electron chi connectivity index (χ0n) is 7.69. The van der Waals surface area contributed by atoms with Crippen LogP contribution >= 0.6 is 0 Å². The Hall–Kier alpha value is -1.59. The molecule has 6 heteroatoms. The first-order valence-electron chi connectivity index (χ1n) is 4.11. The van der Waals surface area contributed by atoms with Gasteiger partial charge in [-0.1, -0.05) is 13.8 Å². The standard InChI is InChI=1S/C7H13N5O/c1-3-5(2)6(13)11-12-4-9-10-7(12)8/h4-5H,3H2,1-2H3,(H2,8,10)(H,11,13). The number of hydrogen-bond donors (Lipinski definition) is 2. The Morgan fingerprint density at radius 1 is 1.85 bits per heavy atom. The SMILES string of the molecule is CCC(C)C(=O)Nn1cnnc1N. The first kappa shape index (κ1) is 9.50. The van der Waals surface area contributed by atoms with Crippen LogP contribution in [0, 0.1) is 5.92 Å². The molecule has 0 aliphatic heterocycles. The van der Waals surface area contributed by atoms with Crippen LogP contribution in [0.25, 0.3) is 0 Å². The van der Waals surface area contributed by atoms with Crippen LogP contribution < -0.4 is 11.2 Å². The fourth-order valence-corrected chi connectivity index (χ4v) is 0.744. The van der Waals surface area contributed by atoms with Gasteiger partial charge < -0.3 is 5.73 Å². The summed E-state index contributed by atoms with van der Waals surface area (Å²) in [6.45, 7) is 3.79. The molecular formula is C7H13N5O. The summed E-state index contributed by atoms with van der Waals surface area (Å²) >= 11 is 0. The minimum Gasteiger partial charge on any atom is -0.366 e. The highest BCUT2D eigenvalue weighted by Crippen LogP contribution is 2.01. The highest BCUT2D eigenvalue weighted by atomic mass is 16.2. The van der Waals surface area contributed by atoms with Crippen molar-refractivity contribution < 1.29 is 4.79 Å². The van der Waals surface area contributed by atoms with Gasteiger partial charge in [0, 0.05) is 5.92 Å². The second-order valence-corrected chi connectivity index (χ2v) is 2.84. The van der Waals surface area contributed by atoms with Gasteiger partial charge >= 0.3 is 0 Å². The van der Waals surface area contributed by atoms with E-state index in [2.05, 4.69) is 15.6 Å². The molecule has 72 valence electrons. The van der Waals surface area contributed by atoms with Crippen molar-refractivity contribution in [1.29, 1.82) is 0 Å². The Balaban J connectivity index is 2.60. The minimum absolute atomic E-state index is 0.0400. The van der Waals surface area contributed by atoms with Gasteiger partial charge in [0.25, 0.3) is 0 Å². The number of aromatic nitrogens is 3. The molecule has 1 aromatic rings. The highest BCUT2D eigenvalue weighted by Gasteiger charge is 2.11. The maximum absolute atomic E-state index is 11.4. The van der Waals surface area contributed by atoms with E-state index < -0.39 is 0 Å². The van der Waals surface area contributed by atoms with Crippen LogP contribution in [0.2, 0.25) is 0 Å². The van der Waals surface area contributed by atoms with Crippen molar-refractivity contribution in [3.05, 3.63) is 6.33 Å². The topological polar surface area (TPSA) is 85.8 Å². The highest BCUT2D eigenvalue weighted by molar-refractivity contribution is 5.85. The van der Waals surface area contributed by atoms with Gasteiger partial charge in [-0.3, -0.25) is 10.2 Å². The van der Waals surface area contributed by atoms with Crippen LogP contribution in [0.1, 0.15) is 20.3 Å².